The van der Waals surface area contributed by atoms with Gasteiger partial charge in [-0.1, -0.05) is 24.4 Å². The summed E-state index contributed by atoms with van der Waals surface area (Å²) in [4.78, 5) is 23.2. The molecule has 1 saturated carbocycles. The van der Waals surface area contributed by atoms with E-state index in [0.717, 1.165) is 37.0 Å². The van der Waals surface area contributed by atoms with Gasteiger partial charge in [0.1, 0.15) is 5.65 Å². The molecular formula is C19H28ClIN6O. The first-order valence-electron chi connectivity index (χ1n) is 9.23. The van der Waals surface area contributed by atoms with Gasteiger partial charge in [0.25, 0.3) is 0 Å². The van der Waals surface area contributed by atoms with Crippen molar-refractivity contribution in [3.05, 3.63) is 35.2 Å². The highest BCUT2D eigenvalue weighted by molar-refractivity contribution is 14.0. The molecule has 2 aromatic rings. The van der Waals surface area contributed by atoms with Gasteiger partial charge in [0.05, 0.1) is 22.7 Å². The molecule has 2 heterocycles. The van der Waals surface area contributed by atoms with Crippen LogP contribution in [-0.2, 0) is 11.3 Å². The Morgan fingerprint density at radius 3 is 2.64 bits per heavy atom. The van der Waals surface area contributed by atoms with E-state index in [-0.39, 0.29) is 35.3 Å². The van der Waals surface area contributed by atoms with Crippen molar-refractivity contribution in [3.8, 4) is 0 Å². The SMILES string of the molecule is CN=C(NCc1cn2cc(Cl)ccc2n1)NCC1(C(=O)N(C)C)CCCC1.I. The highest BCUT2D eigenvalue weighted by Gasteiger charge is 2.42. The summed E-state index contributed by atoms with van der Waals surface area (Å²) in [7, 11) is 5.38. The molecule has 7 nitrogen and oxygen atoms in total. The molecule has 1 aliphatic rings. The van der Waals surface area contributed by atoms with Crippen LogP contribution in [0.1, 0.15) is 31.4 Å². The molecule has 1 aliphatic carbocycles. The third-order valence-corrected chi connectivity index (χ3v) is 5.36. The highest BCUT2D eigenvalue weighted by Crippen LogP contribution is 2.38. The molecule has 0 bridgehead atoms. The van der Waals surface area contributed by atoms with Crippen molar-refractivity contribution >= 4 is 53.1 Å². The molecule has 9 heteroatoms. The Bertz CT molecular complexity index is 844. The summed E-state index contributed by atoms with van der Waals surface area (Å²) in [5.41, 5.74) is 1.40. The van der Waals surface area contributed by atoms with Gasteiger partial charge in [0.2, 0.25) is 5.91 Å². The van der Waals surface area contributed by atoms with Crippen molar-refractivity contribution < 1.29 is 4.79 Å². The Balaban J connectivity index is 0.00000280. The number of pyridine rings is 1. The topological polar surface area (TPSA) is 74.0 Å². The number of fused-ring (bicyclic) bond motifs is 1. The van der Waals surface area contributed by atoms with Crippen molar-refractivity contribution in [2.45, 2.75) is 32.2 Å². The molecule has 0 unspecified atom stereocenters. The molecule has 1 amide bonds. The zero-order valence-corrected chi connectivity index (χ0v) is 19.6. The molecule has 0 aliphatic heterocycles. The third-order valence-electron chi connectivity index (χ3n) is 5.14. The molecule has 0 saturated heterocycles. The van der Waals surface area contributed by atoms with Gasteiger partial charge in [0, 0.05) is 40.1 Å². The maximum Gasteiger partial charge on any atom is 0.230 e. The Kier molecular flexibility index (Phi) is 7.94. The van der Waals surface area contributed by atoms with Gasteiger partial charge in [-0.3, -0.25) is 9.79 Å². The van der Waals surface area contributed by atoms with Gasteiger partial charge >= 0.3 is 0 Å². The summed E-state index contributed by atoms with van der Waals surface area (Å²) in [5, 5.41) is 7.28. The van der Waals surface area contributed by atoms with E-state index < -0.39 is 0 Å². The second-order valence-corrected chi connectivity index (χ2v) is 7.75. The van der Waals surface area contributed by atoms with E-state index in [2.05, 4.69) is 20.6 Å². The summed E-state index contributed by atoms with van der Waals surface area (Å²) in [6, 6.07) is 3.71. The van der Waals surface area contributed by atoms with Crippen LogP contribution in [0.15, 0.2) is 29.5 Å². The quantitative estimate of drug-likeness (QED) is 0.363. The van der Waals surface area contributed by atoms with E-state index in [1.54, 1.807) is 11.9 Å². The largest absolute Gasteiger partial charge is 0.355 e. The molecule has 0 atom stereocenters. The number of nitrogens with one attached hydrogen (secondary N) is 2. The molecule has 2 N–H and O–H groups in total. The average Bonchev–Trinajstić information content (AvgIpc) is 3.28. The Hall–Kier alpha value is -1.55. The van der Waals surface area contributed by atoms with E-state index in [4.69, 9.17) is 11.6 Å². The highest BCUT2D eigenvalue weighted by atomic mass is 127. The average molecular weight is 519 g/mol. The standard InChI is InChI=1S/C19H27ClN6O.HI/c1-21-18(23-13-19(8-4-5-9-19)17(27)25(2)3)22-10-15-12-26-11-14(20)6-7-16(26)24-15;/h6-7,11-12H,4-5,8-10,13H2,1-3H3,(H2,21,22,23);1H. The summed E-state index contributed by atoms with van der Waals surface area (Å²) in [6.45, 7) is 1.12. The van der Waals surface area contributed by atoms with Crippen LogP contribution in [0.25, 0.3) is 5.65 Å². The Labute approximate surface area is 188 Å². The van der Waals surface area contributed by atoms with Crippen LogP contribution in [0.5, 0.6) is 0 Å². The summed E-state index contributed by atoms with van der Waals surface area (Å²) < 4.78 is 1.90. The lowest BCUT2D eigenvalue weighted by molar-refractivity contribution is -0.138. The number of halogens is 2. The zero-order valence-electron chi connectivity index (χ0n) is 16.5. The van der Waals surface area contributed by atoms with Crippen LogP contribution >= 0.6 is 35.6 Å². The molecule has 3 rings (SSSR count). The predicted octanol–water partition coefficient (Wildman–Crippen LogP) is 2.92. The number of aromatic nitrogens is 2. The van der Waals surface area contributed by atoms with Crippen LogP contribution in [0.3, 0.4) is 0 Å². The fourth-order valence-electron chi connectivity index (χ4n) is 3.74. The number of guanidine groups is 1. The van der Waals surface area contributed by atoms with E-state index in [1.165, 1.54) is 0 Å². The number of hydrogen-bond donors (Lipinski definition) is 2. The monoisotopic (exact) mass is 518 g/mol. The van der Waals surface area contributed by atoms with Crippen molar-refractivity contribution in [2.75, 3.05) is 27.7 Å². The van der Waals surface area contributed by atoms with Crippen LogP contribution in [0.2, 0.25) is 5.02 Å². The number of hydrogen-bond acceptors (Lipinski definition) is 3. The van der Waals surface area contributed by atoms with Crippen LogP contribution in [0.4, 0.5) is 0 Å². The Morgan fingerprint density at radius 2 is 2.00 bits per heavy atom. The first kappa shape index (κ1) is 22.7. The van der Waals surface area contributed by atoms with E-state index in [0.29, 0.717) is 24.1 Å². The number of amides is 1. The van der Waals surface area contributed by atoms with Crippen molar-refractivity contribution in [1.82, 2.24) is 24.9 Å². The van der Waals surface area contributed by atoms with Gasteiger partial charge in [-0.2, -0.15) is 0 Å². The lowest BCUT2D eigenvalue weighted by atomic mass is 9.84. The number of carbonyl (C=O) groups is 1. The third kappa shape index (κ3) is 5.08. The van der Waals surface area contributed by atoms with E-state index >= 15 is 0 Å². The number of carbonyl (C=O) groups excluding carboxylic acids is 1. The molecule has 0 radical (unpaired) electrons. The fourth-order valence-corrected chi connectivity index (χ4v) is 3.91. The van der Waals surface area contributed by atoms with Crippen molar-refractivity contribution in [1.29, 1.82) is 0 Å². The first-order chi connectivity index (χ1) is 12.9. The molecule has 28 heavy (non-hydrogen) atoms. The molecular weight excluding hydrogens is 491 g/mol. The Morgan fingerprint density at radius 1 is 1.29 bits per heavy atom. The van der Waals surface area contributed by atoms with Gasteiger partial charge in [-0.25, -0.2) is 4.98 Å². The lowest BCUT2D eigenvalue weighted by Crippen LogP contribution is -2.49. The molecule has 1 fully saturated rings. The van der Waals surface area contributed by atoms with Crippen molar-refractivity contribution in [2.24, 2.45) is 10.4 Å². The van der Waals surface area contributed by atoms with Gasteiger partial charge < -0.3 is 19.9 Å². The number of aliphatic imine (C=N–C) groups is 1. The number of imidazole rings is 1. The first-order valence-corrected chi connectivity index (χ1v) is 9.61. The second-order valence-electron chi connectivity index (χ2n) is 7.31. The van der Waals surface area contributed by atoms with Gasteiger partial charge in [0.15, 0.2) is 5.96 Å². The van der Waals surface area contributed by atoms with E-state index in [1.807, 2.05) is 43.0 Å². The summed E-state index contributed by atoms with van der Waals surface area (Å²) >= 11 is 6.02. The lowest BCUT2D eigenvalue weighted by Gasteiger charge is -2.31. The molecule has 0 aromatic carbocycles. The zero-order chi connectivity index (χ0) is 19.4. The summed E-state index contributed by atoms with van der Waals surface area (Å²) in [6.07, 6.45) is 7.79. The predicted molar refractivity (Wildman–Crippen MR) is 123 cm³/mol. The summed E-state index contributed by atoms with van der Waals surface area (Å²) in [5.74, 6) is 0.864. The minimum absolute atomic E-state index is 0. The van der Waals surface area contributed by atoms with Crippen molar-refractivity contribution in [3.63, 3.8) is 0 Å². The maximum absolute atomic E-state index is 12.7. The van der Waals surface area contributed by atoms with Crippen LogP contribution in [0, 0.1) is 5.41 Å². The molecule has 2 aromatic heterocycles. The van der Waals surface area contributed by atoms with Crippen LogP contribution < -0.4 is 10.6 Å². The number of nitrogens with zero attached hydrogens (tertiary/aromatic N) is 4. The van der Waals surface area contributed by atoms with Gasteiger partial charge in [-0.05, 0) is 25.0 Å². The maximum atomic E-state index is 12.7. The molecule has 0 spiro atoms. The minimum atomic E-state index is -0.332. The second kappa shape index (κ2) is 9.78. The fraction of sp³-hybridized carbons (Fsp3) is 0.526. The molecule has 154 valence electrons. The normalized spacial score (nSPS) is 15.9. The minimum Gasteiger partial charge on any atom is -0.355 e. The number of rotatable bonds is 5. The van der Waals surface area contributed by atoms with E-state index in [9.17, 15) is 4.79 Å². The smallest absolute Gasteiger partial charge is 0.230 e. The van der Waals surface area contributed by atoms with Gasteiger partial charge in [-0.15, -0.1) is 24.0 Å². The van der Waals surface area contributed by atoms with Crippen LogP contribution in [-0.4, -0.2) is 53.8 Å².